The minimum absolute atomic E-state index is 0.0294. The zero-order valence-corrected chi connectivity index (χ0v) is 24.9. The Morgan fingerprint density at radius 2 is 1.84 bits per heavy atom. The van der Waals surface area contributed by atoms with E-state index in [2.05, 4.69) is 16.5 Å². The monoisotopic (exact) mass is 602 g/mol. The highest BCUT2D eigenvalue weighted by Gasteiger charge is 2.37. The van der Waals surface area contributed by atoms with E-state index in [1.165, 1.54) is 12.0 Å². The predicted molar refractivity (Wildman–Crippen MR) is 155 cm³/mol. The summed E-state index contributed by atoms with van der Waals surface area (Å²) in [7, 11) is 3.01. The standard InChI is InChI=1S/C31H40F2N4O6/c1-4-29-34-8-10-36(29)9-5-13-42-27-7-6-23(14-28(27)41-3)18-35-11-12-37(30(38)19-40-2)21-31(39,20-35)22-43-26-16-24(32)15-25(33)17-26/h6-8,10,14-17,39H,4-5,9,11-13,18-22H2,1-3H3/t31-/m1/s1. The molecule has 234 valence electrons. The molecule has 4 rings (SSSR count). The molecule has 10 nitrogen and oxygen atoms in total. The summed E-state index contributed by atoms with van der Waals surface area (Å²) in [5.41, 5.74) is -0.606. The van der Waals surface area contributed by atoms with Crippen molar-refractivity contribution in [2.24, 2.45) is 0 Å². The molecule has 1 aliphatic heterocycles. The number of hydrogen-bond donors (Lipinski definition) is 1. The number of aliphatic hydroxyl groups is 1. The number of carbonyl (C=O) groups excluding carboxylic acids is 1. The molecule has 0 radical (unpaired) electrons. The minimum atomic E-state index is -1.53. The van der Waals surface area contributed by atoms with Gasteiger partial charge >= 0.3 is 0 Å². The van der Waals surface area contributed by atoms with Crippen molar-refractivity contribution in [3.63, 3.8) is 0 Å². The molecule has 1 saturated heterocycles. The first-order valence-corrected chi connectivity index (χ1v) is 14.3. The Hall–Kier alpha value is -3.74. The van der Waals surface area contributed by atoms with Crippen LogP contribution >= 0.6 is 0 Å². The third kappa shape index (κ3) is 9.12. The highest BCUT2D eigenvalue weighted by atomic mass is 19.1. The zero-order chi connectivity index (χ0) is 30.8. The average Bonchev–Trinajstić information content (AvgIpc) is 3.36. The molecule has 1 amide bonds. The lowest BCUT2D eigenvalue weighted by Gasteiger charge is -2.33. The SMILES string of the molecule is CCc1nccn1CCCOc1ccc(CN2CCN(C(=O)COC)C[C@@](O)(COc3cc(F)cc(F)c3)C2)cc1OC. The van der Waals surface area contributed by atoms with E-state index in [0.717, 1.165) is 49.0 Å². The maximum absolute atomic E-state index is 13.7. The number of carbonyl (C=O) groups is 1. The average molecular weight is 603 g/mol. The van der Waals surface area contributed by atoms with E-state index < -0.39 is 17.2 Å². The Morgan fingerprint density at radius 1 is 1.05 bits per heavy atom. The smallest absolute Gasteiger partial charge is 0.248 e. The van der Waals surface area contributed by atoms with E-state index in [-0.39, 0.29) is 38.0 Å². The molecule has 2 heterocycles. The summed E-state index contributed by atoms with van der Waals surface area (Å²) in [6.07, 6.45) is 5.46. The fourth-order valence-electron chi connectivity index (χ4n) is 5.19. The Bertz CT molecular complexity index is 1340. The molecular formula is C31H40F2N4O6. The summed E-state index contributed by atoms with van der Waals surface area (Å²) in [6, 6.07) is 8.53. The molecule has 1 atom stereocenters. The van der Waals surface area contributed by atoms with Crippen LogP contribution in [0.25, 0.3) is 0 Å². The lowest BCUT2D eigenvalue weighted by atomic mass is 10.0. The van der Waals surface area contributed by atoms with Crippen molar-refractivity contribution < 1.29 is 37.6 Å². The van der Waals surface area contributed by atoms with Crippen molar-refractivity contribution in [1.82, 2.24) is 19.4 Å². The molecule has 43 heavy (non-hydrogen) atoms. The lowest BCUT2D eigenvalue weighted by molar-refractivity contribution is -0.138. The van der Waals surface area contributed by atoms with Gasteiger partial charge in [-0.25, -0.2) is 13.8 Å². The number of halogens is 2. The van der Waals surface area contributed by atoms with Crippen LogP contribution in [-0.4, -0.2) is 96.2 Å². The Balaban J connectivity index is 1.41. The third-order valence-corrected chi connectivity index (χ3v) is 7.21. The van der Waals surface area contributed by atoms with Crippen LogP contribution in [0.1, 0.15) is 24.7 Å². The topological polar surface area (TPSA) is 98.5 Å². The number of aromatic nitrogens is 2. The number of hydrogen-bond acceptors (Lipinski definition) is 8. The van der Waals surface area contributed by atoms with Gasteiger partial charge in [0.05, 0.1) is 20.3 Å². The third-order valence-electron chi connectivity index (χ3n) is 7.21. The van der Waals surface area contributed by atoms with Crippen LogP contribution in [0.15, 0.2) is 48.8 Å². The van der Waals surface area contributed by atoms with Crippen molar-refractivity contribution in [1.29, 1.82) is 0 Å². The summed E-state index contributed by atoms with van der Waals surface area (Å²) in [5.74, 6) is 0.371. The molecule has 0 unspecified atom stereocenters. The molecule has 3 aromatic rings. The largest absolute Gasteiger partial charge is 0.493 e. The van der Waals surface area contributed by atoms with E-state index in [0.29, 0.717) is 37.7 Å². The Labute approximate surface area is 250 Å². The molecule has 0 saturated carbocycles. The number of imidazole rings is 1. The quantitative estimate of drug-likeness (QED) is 0.281. The van der Waals surface area contributed by atoms with Gasteiger partial charge in [0.25, 0.3) is 0 Å². The zero-order valence-electron chi connectivity index (χ0n) is 24.9. The van der Waals surface area contributed by atoms with Crippen molar-refractivity contribution in [2.45, 2.75) is 38.5 Å². The van der Waals surface area contributed by atoms with Gasteiger partial charge in [-0.2, -0.15) is 0 Å². The van der Waals surface area contributed by atoms with Crippen LogP contribution in [0.5, 0.6) is 17.2 Å². The minimum Gasteiger partial charge on any atom is -0.493 e. The second-order valence-electron chi connectivity index (χ2n) is 10.7. The highest BCUT2D eigenvalue weighted by molar-refractivity contribution is 5.77. The molecule has 1 aromatic heterocycles. The fourth-order valence-corrected chi connectivity index (χ4v) is 5.19. The number of benzene rings is 2. The number of methoxy groups -OCH3 is 2. The van der Waals surface area contributed by atoms with Gasteiger partial charge in [0, 0.05) is 76.8 Å². The molecular weight excluding hydrogens is 562 g/mol. The number of ether oxygens (including phenoxy) is 4. The molecule has 2 aromatic carbocycles. The number of β-amino-alcohol motifs (C(OH)–C–C–N with tert-alkyl or cyclic N) is 1. The molecule has 1 N–H and O–H groups in total. The van der Waals surface area contributed by atoms with Gasteiger partial charge in [-0.05, 0) is 24.1 Å². The summed E-state index contributed by atoms with van der Waals surface area (Å²) >= 11 is 0. The van der Waals surface area contributed by atoms with Gasteiger partial charge in [-0.15, -0.1) is 0 Å². The van der Waals surface area contributed by atoms with Gasteiger partial charge in [0.2, 0.25) is 5.91 Å². The predicted octanol–water partition coefficient (Wildman–Crippen LogP) is 3.30. The van der Waals surface area contributed by atoms with E-state index in [9.17, 15) is 18.7 Å². The van der Waals surface area contributed by atoms with E-state index in [1.54, 1.807) is 13.3 Å². The van der Waals surface area contributed by atoms with Crippen molar-refractivity contribution in [2.75, 3.05) is 60.2 Å². The van der Waals surface area contributed by atoms with Crippen LogP contribution < -0.4 is 14.2 Å². The molecule has 0 aliphatic carbocycles. The number of amides is 1. The first-order chi connectivity index (χ1) is 20.7. The first kappa shape index (κ1) is 32.2. The second kappa shape index (κ2) is 15.1. The Morgan fingerprint density at radius 3 is 2.56 bits per heavy atom. The molecule has 0 bridgehead atoms. The number of rotatable bonds is 14. The van der Waals surface area contributed by atoms with Crippen molar-refractivity contribution in [3.8, 4) is 17.2 Å². The molecule has 1 fully saturated rings. The number of aryl methyl sites for hydroxylation is 2. The van der Waals surface area contributed by atoms with Crippen LogP contribution in [0.4, 0.5) is 8.78 Å². The van der Waals surface area contributed by atoms with Crippen LogP contribution in [0.2, 0.25) is 0 Å². The second-order valence-corrected chi connectivity index (χ2v) is 10.7. The van der Waals surface area contributed by atoms with Gasteiger partial charge in [-0.3, -0.25) is 9.69 Å². The summed E-state index contributed by atoms with van der Waals surface area (Å²) in [4.78, 5) is 20.6. The highest BCUT2D eigenvalue weighted by Crippen LogP contribution is 2.29. The van der Waals surface area contributed by atoms with Gasteiger partial charge in [0.1, 0.15) is 42.0 Å². The Kier molecular flexibility index (Phi) is 11.3. The normalized spacial score (nSPS) is 17.5. The van der Waals surface area contributed by atoms with Crippen molar-refractivity contribution in [3.05, 3.63) is 71.8 Å². The fraction of sp³-hybridized carbons (Fsp3) is 0.484. The van der Waals surface area contributed by atoms with Crippen LogP contribution in [0.3, 0.4) is 0 Å². The maximum atomic E-state index is 13.7. The maximum Gasteiger partial charge on any atom is 0.248 e. The molecule has 0 spiro atoms. The van der Waals surface area contributed by atoms with Gasteiger partial charge in [-0.1, -0.05) is 13.0 Å². The van der Waals surface area contributed by atoms with E-state index in [1.807, 2.05) is 29.3 Å². The summed E-state index contributed by atoms with van der Waals surface area (Å²) in [6.45, 7) is 4.38. The van der Waals surface area contributed by atoms with E-state index in [4.69, 9.17) is 18.9 Å². The lowest BCUT2D eigenvalue weighted by Crippen LogP contribution is -2.52. The van der Waals surface area contributed by atoms with Crippen LogP contribution in [-0.2, 0) is 29.0 Å². The summed E-state index contributed by atoms with van der Waals surface area (Å²) < 4.78 is 51.8. The van der Waals surface area contributed by atoms with E-state index >= 15 is 0 Å². The molecule has 1 aliphatic rings. The van der Waals surface area contributed by atoms with Gasteiger partial charge < -0.3 is 33.5 Å². The first-order valence-electron chi connectivity index (χ1n) is 14.3. The summed E-state index contributed by atoms with van der Waals surface area (Å²) in [5, 5.41) is 11.6. The van der Waals surface area contributed by atoms with Crippen molar-refractivity contribution >= 4 is 5.91 Å². The number of nitrogens with zero attached hydrogens (tertiary/aromatic N) is 4. The van der Waals surface area contributed by atoms with Crippen LogP contribution in [0, 0.1) is 11.6 Å². The molecule has 12 heteroatoms. The van der Waals surface area contributed by atoms with Gasteiger partial charge in [0.15, 0.2) is 11.5 Å².